The quantitative estimate of drug-likeness (QED) is 0.667. The zero-order valence-electron chi connectivity index (χ0n) is 8.86. The summed E-state index contributed by atoms with van der Waals surface area (Å²) in [4.78, 5) is 11.3. The van der Waals surface area contributed by atoms with Gasteiger partial charge in [0.2, 0.25) is 0 Å². The van der Waals surface area contributed by atoms with E-state index < -0.39 is 12.2 Å². The summed E-state index contributed by atoms with van der Waals surface area (Å²) in [6.45, 7) is 5.98. The first-order valence-corrected chi connectivity index (χ1v) is 4.85. The fourth-order valence-electron chi connectivity index (χ4n) is 1.47. The smallest absolute Gasteiger partial charge is 0.169 e. The molecule has 0 aromatic heterocycles. The maximum atomic E-state index is 11.3. The SMILES string of the molecule is CC(C)(C)OCC1CC(O)C(O)C1=O. The number of ether oxygens (including phenoxy) is 1. The predicted molar refractivity (Wildman–Crippen MR) is 50.8 cm³/mol. The minimum Gasteiger partial charge on any atom is -0.390 e. The van der Waals surface area contributed by atoms with E-state index in [4.69, 9.17) is 4.74 Å². The van der Waals surface area contributed by atoms with Crippen LogP contribution in [-0.2, 0) is 9.53 Å². The average molecular weight is 202 g/mol. The van der Waals surface area contributed by atoms with Crippen molar-refractivity contribution in [1.29, 1.82) is 0 Å². The second-order valence-corrected chi connectivity index (χ2v) is 4.77. The molecule has 0 saturated heterocycles. The summed E-state index contributed by atoms with van der Waals surface area (Å²) >= 11 is 0. The standard InChI is InChI=1S/C10H18O4/c1-10(2,3)14-5-6-4-7(11)9(13)8(6)12/h6-7,9,11,13H,4-5H2,1-3H3. The van der Waals surface area contributed by atoms with Gasteiger partial charge in [0.15, 0.2) is 5.78 Å². The largest absolute Gasteiger partial charge is 0.390 e. The number of hydrogen-bond donors (Lipinski definition) is 2. The summed E-state index contributed by atoms with van der Waals surface area (Å²) < 4.78 is 5.44. The van der Waals surface area contributed by atoms with Gasteiger partial charge in [0.25, 0.3) is 0 Å². The van der Waals surface area contributed by atoms with Crippen LogP contribution in [0.4, 0.5) is 0 Å². The Labute approximate surface area is 83.9 Å². The maximum Gasteiger partial charge on any atom is 0.169 e. The van der Waals surface area contributed by atoms with E-state index in [1.54, 1.807) is 0 Å². The molecule has 3 atom stereocenters. The molecule has 3 unspecified atom stereocenters. The number of aliphatic hydroxyl groups is 2. The van der Waals surface area contributed by atoms with Crippen LogP contribution >= 0.6 is 0 Å². The molecule has 0 heterocycles. The van der Waals surface area contributed by atoms with Crippen LogP contribution in [0.5, 0.6) is 0 Å². The van der Waals surface area contributed by atoms with E-state index in [0.29, 0.717) is 6.42 Å². The van der Waals surface area contributed by atoms with Gasteiger partial charge in [-0.1, -0.05) is 0 Å². The Hall–Kier alpha value is -0.450. The van der Waals surface area contributed by atoms with Crippen molar-refractivity contribution >= 4 is 5.78 Å². The first-order chi connectivity index (χ1) is 6.31. The molecule has 0 radical (unpaired) electrons. The monoisotopic (exact) mass is 202 g/mol. The van der Waals surface area contributed by atoms with E-state index in [9.17, 15) is 15.0 Å². The zero-order chi connectivity index (χ0) is 10.9. The van der Waals surface area contributed by atoms with Crippen molar-refractivity contribution in [3.05, 3.63) is 0 Å². The molecule has 0 amide bonds. The van der Waals surface area contributed by atoms with E-state index in [1.165, 1.54) is 0 Å². The van der Waals surface area contributed by atoms with Gasteiger partial charge in [-0.2, -0.15) is 0 Å². The lowest BCUT2D eigenvalue weighted by Crippen LogP contribution is -2.29. The molecule has 0 aromatic rings. The lowest BCUT2D eigenvalue weighted by molar-refractivity contribution is -0.132. The molecule has 14 heavy (non-hydrogen) atoms. The van der Waals surface area contributed by atoms with Gasteiger partial charge >= 0.3 is 0 Å². The Morgan fingerprint density at radius 2 is 2.00 bits per heavy atom. The molecule has 2 N–H and O–H groups in total. The average Bonchev–Trinajstić information content (AvgIpc) is 2.28. The molecule has 82 valence electrons. The number of aliphatic hydroxyl groups excluding tert-OH is 2. The van der Waals surface area contributed by atoms with Crippen molar-refractivity contribution in [2.24, 2.45) is 5.92 Å². The molecule has 0 aliphatic heterocycles. The van der Waals surface area contributed by atoms with Crippen LogP contribution < -0.4 is 0 Å². The van der Waals surface area contributed by atoms with Crippen LogP contribution in [0.2, 0.25) is 0 Å². The van der Waals surface area contributed by atoms with Crippen LogP contribution in [0.25, 0.3) is 0 Å². The lowest BCUT2D eigenvalue weighted by atomic mass is 10.1. The number of carbonyl (C=O) groups is 1. The highest BCUT2D eigenvalue weighted by Gasteiger charge is 2.40. The third kappa shape index (κ3) is 2.77. The minimum absolute atomic E-state index is 0.274. The molecule has 1 aliphatic carbocycles. The van der Waals surface area contributed by atoms with Gasteiger partial charge in [-0.25, -0.2) is 0 Å². The Morgan fingerprint density at radius 1 is 1.43 bits per heavy atom. The van der Waals surface area contributed by atoms with Gasteiger partial charge in [-0.3, -0.25) is 4.79 Å². The molecule has 0 spiro atoms. The van der Waals surface area contributed by atoms with Crippen molar-refractivity contribution in [3.63, 3.8) is 0 Å². The predicted octanol–water partition coefficient (Wildman–Crippen LogP) is 0.112. The van der Waals surface area contributed by atoms with Crippen LogP contribution in [0.15, 0.2) is 0 Å². The summed E-state index contributed by atoms with van der Waals surface area (Å²) in [6.07, 6.45) is -1.84. The van der Waals surface area contributed by atoms with E-state index in [-0.39, 0.29) is 23.9 Å². The summed E-state index contributed by atoms with van der Waals surface area (Å²) in [5.74, 6) is -0.666. The highest BCUT2D eigenvalue weighted by atomic mass is 16.5. The van der Waals surface area contributed by atoms with Crippen LogP contribution in [-0.4, -0.2) is 40.4 Å². The van der Waals surface area contributed by atoms with Crippen molar-refractivity contribution in [1.82, 2.24) is 0 Å². The second-order valence-electron chi connectivity index (χ2n) is 4.77. The summed E-state index contributed by atoms with van der Waals surface area (Å²) in [5.41, 5.74) is -0.293. The van der Waals surface area contributed by atoms with E-state index >= 15 is 0 Å². The zero-order valence-corrected chi connectivity index (χ0v) is 8.86. The number of carbonyl (C=O) groups excluding carboxylic acids is 1. The first kappa shape index (κ1) is 11.6. The Kier molecular flexibility index (Phi) is 3.29. The highest BCUT2D eigenvalue weighted by molar-refractivity contribution is 5.88. The van der Waals surface area contributed by atoms with Crippen LogP contribution in [0, 0.1) is 5.92 Å². The van der Waals surface area contributed by atoms with Gasteiger partial charge in [0.1, 0.15) is 6.10 Å². The highest BCUT2D eigenvalue weighted by Crippen LogP contribution is 2.24. The Balaban J connectivity index is 2.44. The number of ketones is 1. The molecule has 0 bridgehead atoms. The van der Waals surface area contributed by atoms with Crippen molar-refractivity contribution in [3.8, 4) is 0 Å². The lowest BCUT2D eigenvalue weighted by Gasteiger charge is -2.21. The molecule has 1 saturated carbocycles. The molecule has 1 aliphatic rings. The molecule has 4 heteroatoms. The topological polar surface area (TPSA) is 66.8 Å². The molecule has 4 nitrogen and oxygen atoms in total. The van der Waals surface area contributed by atoms with Crippen molar-refractivity contribution < 1.29 is 19.7 Å². The van der Waals surface area contributed by atoms with Crippen molar-refractivity contribution in [2.75, 3.05) is 6.61 Å². The molecular weight excluding hydrogens is 184 g/mol. The van der Waals surface area contributed by atoms with Gasteiger partial charge in [0, 0.05) is 5.92 Å². The van der Waals surface area contributed by atoms with Gasteiger partial charge < -0.3 is 14.9 Å². The van der Waals surface area contributed by atoms with E-state index in [1.807, 2.05) is 20.8 Å². The number of hydrogen-bond acceptors (Lipinski definition) is 4. The molecule has 1 fully saturated rings. The first-order valence-electron chi connectivity index (χ1n) is 4.85. The summed E-state index contributed by atoms with van der Waals surface area (Å²) in [6, 6.07) is 0. The van der Waals surface area contributed by atoms with Gasteiger partial charge in [0.05, 0.1) is 18.3 Å². The third-order valence-electron chi connectivity index (χ3n) is 2.30. The number of Topliss-reactive ketones (excluding diaryl/α,β-unsaturated/α-hetero) is 1. The van der Waals surface area contributed by atoms with Gasteiger partial charge in [-0.15, -0.1) is 0 Å². The molecule has 0 aromatic carbocycles. The number of rotatable bonds is 2. The van der Waals surface area contributed by atoms with E-state index in [2.05, 4.69) is 0 Å². The molecular formula is C10H18O4. The van der Waals surface area contributed by atoms with Gasteiger partial charge in [-0.05, 0) is 27.2 Å². The molecule has 1 rings (SSSR count). The Morgan fingerprint density at radius 3 is 2.36 bits per heavy atom. The maximum absolute atomic E-state index is 11.3. The van der Waals surface area contributed by atoms with Crippen molar-refractivity contribution in [2.45, 2.75) is 45.0 Å². The van der Waals surface area contributed by atoms with Crippen LogP contribution in [0.3, 0.4) is 0 Å². The Bertz CT molecular complexity index is 219. The normalized spacial score (nSPS) is 33.8. The fraction of sp³-hybridized carbons (Fsp3) is 0.900. The third-order valence-corrected chi connectivity index (χ3v) is 2.30. The van der Waals surface area contributed by atoms with Crippen LogP contribution in [0.1, 0.15) is 27.2 Å². The second kappa shape index (κ2) is 3.96. The fourth-order valence-corrected chi connectivity index (χ4v) is 1.47. The summed E-state index contributed by atoms with van der Waals surface area (Å²) in [5, 5.41) is 18.5. The summed E-state index contributed by atoms with van der Waals surface area (Å²) in [7, 11) is 0. The minimum atomic E-state index is -1.22. The van der Waals surface area contributed by atoms with E-state index in [0.717, 1.165) is 0 Å².